The highest BCUT2D eigenvalue weighted by molar-refractivity contribution is 7.99. The minimum absolute atomic E-state index is 0.104. The molecule has 1 amide bonds. The third-order valence-corrected chi connectivity index (χ3v) is 4.82. The van der Waals surface area contributed by atoms with Crippen LogP contribution in [0.3, 0.4) is 0 Å². The number of carbonyl (C=O) groups excluding carboxylic acids is 1. The number of aromatic nitrogens is 2. The first-order valence-electron chi connectivity index (χ1n) is 7.15. The van der Waals surface area contributed by atoms with Crippen molar-refractivity contribution in [2.24, 2.45) is 7.05 Å². The number of aryl methyl sites for hydroxylation is 2. The first kappa shape index (κ1) is 15.9. The Balaban J connectivity index is 1.67. The molecule has 2 aromatic carbocycles. The summed E-state index contributed by atoms with van der Waals surface area (Å²) in [5.74, 6) is 0.175. The van der Waals surface area contributed by atoms with Crippen molar-refractivity contribution in [1.82, 2.24) is 9.55 Å². The number of nitrogens with zero attached hydrogens (tertiary/aromatic N) is 2. The fourth-order valence-electron chi connectivity index (χ4n) is 2.29. The number of fused-ring (bicyclic) bond motifs is 1. The monoisotopic (exact) mass is 345 g/mol. The maximum Gasteiger partial charge on any atom is 0.234 e. The number of hydrogen-bond acceptors (Lipinski definition) is 3. The van der Waals surface area contributed by atoms with Crippen LogP contribution in [0.4, 0.5) is 5.69 Å². The van der Waals surface area contributed by atoms with Crippen LogP contribution in [0, 0.1) is 6.92 Å². The molecule has 0 saturated heterocycles. The molecule has 1 N–H and O–H groups in total. The summed E-state index contributed by atoms with van der Waals surface area (Å²) in [5, 5.41) is 4.20. The van der Waals surface area contributed by atoms with E-state index in [9.17, 15) is 4.79 Å². The molecule has 0 atom stereocenters. The average Bonchev–Trinajstić information content (AvgIpc) is 2.85. The van der Waals surface area contributed by atoms with E-state index < -0.39 is 0 Å². The van der Waals surface area contributed by atoms with Gasteiger partial charge in [-0.1, -0.05) is 41.6 Å². The molecule has 0 fully saturated rings. The van der Waals surface area contributed by atoms with Crippen molar-refractivity contribution in [3.63, 3.8) is 0 Å². The van der Waals surface area contributed by atoms with Gasteiger partial charge in [-0.3, -0.25) is 4.79 Å². The highest BCUT2D eigenvalue weighted by Gasteiger charge is 2.11. The Morgan fingerprint density at radius 3 is 2.83 bits per heavy atom. The second-order valence-electron chi connectivity index (χ2n) is 5.26. The SMILES string of the molecule is Cc1ccc(NC(=O)CSc2nc3ccccc3n2C)c(Cl)c1. The van der Waals surface area contributed by atoms with Crippen LogP contribution in [0.15, 0.2) is 47.6 Å². The molecular formula is C17H16ClN3OS. The summed E-state index contributed by atoms with van der Waals surface area (Å²) in [6.45, 7) is 1.96. The van der Waals surface area contributed by atoms with Crippen LogP contribution in [0.1, 0.15) is 5.56 Å². The van der Waals surface area contributed by atoms with Gasteiger partial charge in [-0.15, -0.1) is 0 Å². The molecule has 6 heteroatoms. The largest absolute Gasteiger partial charge is 0.324 e. The summed E-state index contributed by atoms with van der Waals surface area (Å²) >= 11 is 7.54. The Bertz CT molecular complexity index is 875. The fraction of sp³-hybridized carbons (Fsp3) is 0.176. The van der Waals surface area contributed by atoms with Crippen molar-refractivity contribution < 1.29 is 4.79 Å². The molecule has 3 rings (SSSR count). The number of carbonyl (C=O) groups is 1. The zero-order valence-corrected chi connectivity index (χ0v) is 14.4. The molecule has 0 radical (unpaired) electrons. The lowest BCUT2D eigenvalue weighted by atomic mass is 10.2. The minimum Gasteiger partial charge on any atom is -0.324 e. The van der Waals surface area contributed by atoms with E-state index >= 15 is 0 Å². The number of para-hydroxylation sites is 2. The second kappa shape index (κ2) is 6.64. The van der Waals surface area contributed by atoms with Crippen LogP contribution >= 0.6 is 23.4 Å². The first-order valence-corrected chi connectivity index (χ1v) is 8.51. The molecule has 0 unspecified atom stereocenters. The normalized spacial score (nSPS) is 10.9. The summed E-state index contributed by atoms with van der Waals surface area (Å²) in [7, 11) is 1.95. The van der Waals surface area contributed by atoms with Crippen molar-refractivity contribution in [3.8, 4) is 0 Å². The Morgan fingerprint density at radius 2 is 2.09 bits per heavy atom. The van der Waals surface area contributed by atoms with Gasteiger partial charge in [0.05, 0.1) is 27.5 Å². The Hall–Kier alpha value is -1.98. The number of thioether (sulfide) groups is 1. The van der Waals surface area contributed by atoms with Crippen molar-refractivity contribution in [3.05, 3.63) is 53.1 Å². The standard InChI is InChI=1S/C17H16ClN3OS/c1-11-7-8-13(12(18)9-11)19-16(22)10-23-17-20-14-5-3-4-6-15(14)21(17)2/h3-9H,10H2,1-2H3,(H,19,22). The first-order chi connectivity index (χ1) is 11.0. The fourth-order valence-corrected chi connectivity index (χ4v) is 3.36. The van der Waals surface area contributed by atoms with Crippen molar-refractivity contribution in [2.75, 3.05) is 11.1 Å². The van der Waals surface area contributed by atoms with E-state index in [4.69, 9.17) is 11.6 Å². The third-order valence-electron chi connectivity index (χ3n) is 3.48. The van der Waals surface area contributed by atoms with Gasteiger partial charge in [-0.25, -0.2) is 4.98 Å². The van der Waals surface area contributed by atoms with Crippen molar-refractivity contribution in [1.29, 1.82) is 0 Å². The molecule has 0 saturated carbocycles. The lowest BCUT2D eigenvalue weighted by Crippen LogP contribution is -2.14. The molecule has 0 spiro atoms. The second-order valence-corrected chi connectivity index (χ2v) is 6.61. The number of rotatable bonds is 4. The Morgan fingerprint density at radius 1 is 1.30 bits per heavy atom. The molecule has 23 heavy (non-hydrogen) atoms. The van der Waals surface area contributed by atoms with Crippen LogP contribution in [0.5, 0.6) is 0 Å². The minimum atomic E-state index is -0.104. The van der Waals surface area contributed by atoms with E-state index in [1.54, 1.807) is 0 Å². The predicted octanol–water partition coefficient (Wildman–Crippen LogP) is 4.27. The summed E-state index contributed by atoms with van der Waals surface area (Å²) < 4.78 is 1.99. The highest BCUT2D eigenvalue weighted by Crippen LogP contribution is 2.25. The molecule has 4 nitrogen and oxygen atoms in total. The van der Waals surface area contributed by atoms with E-state index in [2.05, 4.69) is 10.3 Å². The summed E-state index contributed by atoms with van der Waals surface area (Å²) in [5.41, 5.74) is 3.67. The predicted molar refractivity (Wildman–Crippen MR) is 96.3 cm³/mol. The summed E-state index contributed by atoms with van der Waals surface area (Å²) in [6, 6.07) is 13.5. The molecule has 118 valence electrons. The number of amides is 1. The number of imidazole rings is 1. The quantitative estimate of drug-likeness (QED) is 0.718. The van der Waals surface area contributed by atoms with Gasteiger partial charge >= 0.3 is 0 Å². The Labute approximate surface area is 143 Å². The van der Waals surface area contributed by atoms with Gasteiger partial charge in [0.25, 0.3) is 0 Å². The molecule has 1 heterocycles. The zero-order valence-electron chi connectivity index (χ0n) is 12.8. The lowest BCUT2D eigenvalue weighted by molar-refractivity contribution is -0.113. The molecular weight excluding hydrogens is 330 g/mol. The maximum absolute atomic E-state index is 12.1. The molecule has 0 aliphatic rings. The van der Waals surface area contributed by atoms with Gasteiger partial charge < -0.3 is 9.88 Å². The maximum atomic E-state index is 12.1. The average molecular weight is 346 g/mol. The molecule has 0 aliphatic heterocycles. The van der Waals surface area contributed by atoms with Gasteiger partial charge in [0, 0.05) is 7.05 Å². The van der Waals surface area contributed by atoms with E-state index in [0.717, 1.165) is 21.8 Å². The van der Waals surface area contributed by atoms with Gasteiger partial charge in [-0.05, 0) is 36.8 Å². The van der Waals surface area contributed by atoms with E-state index in [1.165, 1.54) is 11.8 Å². The third kappa shape index (κ3) is 3.51. The van der Waals surface area contributed by atoms with Crippen LogP contribution < -0.4 is 5.32 Å². The highest BCUT2D eigenvalue weighted by atomic mass is 35.5. The summed E-state index contributed by atoms with van der Waals surface area (Å²) in [6.07, 6.45) is 0. The number of nitrogens with one attached hydrogen (secondary N) is 1. The van der Waals surface area contributed by atoms with Gasteiger partial charge in [0.1, 0.15) is 0 Å². The smallest absolute Gasteiger partial charge is 0.234 e. The van der Waals surface area contributed by atoms with Gasteiger partial charge in [0.15, 0.2) is 5.16 Å². The van der Waals surface area contributed by atoms with Crippen molar-refractivity contribution in [2.45, 2.75) is 12.1 Å². The van der Waals surface area contributed by atoms with Crippen LogP contribution in [0.2, 0.25) is 5.02 Å². The molecule has 3 aromatic rings. The van der Waals surface area contributed by atoms with E-state index in [1.807, 2.05) is 61.0 Å². The number of hydrogen-bond donors (Lipinski definition) is 1. The van der Waals surface area contributed by atoms with Crippen LogP contribution in [-0.2, 0) is 11.8 Å². The lowest BCUT2D eigenvalue weighted by Gasteiger charge is -2.07. The zero-order chi connectivity index (χ0) is 16.4. The molecule has 0 bridgehead atoms. The van der Waals surface area contributed by atoms with Gasteiger partial charge in [0.2, 0.25) is 5.91 Å². The van der Waals surface area contributed by atoms with Crippen molar-refractivity contribution >= 4 is 46.0 Å². The summed E-state index contributed by atoms with van der Waals surface area (Å²) in [4.78, 5) is 16.7. The van der Waals surface area contributed by atoms with Crippen LogP contribution in [-0.4, -0.2) is 21.2 Å². The molecule has 0 aliphatic carbocycles. The molecule has 1 aromatic heterocycles. The number of benzene rings is 2. The van der Waals surface area contributed by atoms with E-state index in [-0.39, 0.29) is 11.7 Å². The number of anilines is 1. The topological polar surface area (TPSA) is 46.9 Å². The number of halogens is 1. The van der Waals surface area contributed by atoms with Crippen LogP contribution in [0.25, 0.3) is 11.0 Å². The Kier molecular flexibility index (Phi) is 4.59. The van der Waals surface area contributed by atoms with E-state index in [0.29, 0.717) is 10.7 Å². The van der Waals surface area contributed by atoms with Gasteiger partial charge in [-0.2, -0.15) is 0 Å².